The van der Waals surface area contributed by atoms with E-state index in [0.717, 1.165) is 16.8 Å². The molecule has 0 bridgehead atoms. The maximum absolute atomic E-state index is 6.12. The molecule has 0 unspecified atom stereocenters. The number of rotatable bonds is 4. The Bertz CT molecular complexity index is 797. The van der Waals surface area contributed by atoms with E-state index < -0.39 is 0 Å². The number of aromatic nitrogens is 2. The number of hydrogen-bond acceptors (Lipinski definition) is 3. The fourth-order valence-electron chi connectivity index (χ4n) is 2.59. The topological polar surface area (TPSA) is 35.0 Å². The molecule has 130 valence electrons. The number of benzene rings is 2. The summed E-state index contributed by atoms with van der Waals surface area (Å²) in [6.07, 6.45) is 3.27. The van der Waals surface area contributed by atoms with E-state index in [1.54, 1.807) is 12.4 Å². The molecule has 0 N–H and O–H groups in total. The predicted octanol–water partition coefficient (Wildman–Crippen LogP) is 5.93. The molecule has 1 heterocycles. The van der Waals surface area contributed by atoms with E-state index in [-0.39, 0.29) is 6.10 Å². The lowest BCUT2D eigenvalue weighted by Crippen LogP contribution is -2.07. The Balaban J connectivity index is 0.00000109. The first-order valence-corrected chi connectivity index (χ1v) is 8.75. The van der Waals surface area contributed by atoms with Gasteiger partial charge in [-0.15, -0.1) is 0 Å². The summed E-state index contributed by atoms with van der Waals surface area (Å²) in [6, 6.07) is 16.5. The molecule has 0 spiro atoms. The summed E-state index contributed by atoms with van der Waals surface area (Å²) in [6.45, 7) is 10.2. The molecule has 0 aliphatic carbocycles. The van der Waals surface area contributed by atoms with Crippen molar-refractivity contribution in [2.24, 2.45) is 0 Å². The van der Waals surface area contributed by atoms with Crippen molar-refractivity contribution in [3.63, 3.8) is 0 Å². The molecular formula is C22H26N2O. The summed E-state index contributed by atoms with van der Waals surface area (Å²) in [5.41, 5.74) is 5.37. The summed E-state index contributed by atoms with van der Waals surface area (Å²) in [5.74, 6) is 0.562. The van der Waals surface area contributed by atoms with Crippen molar-refractivity contribution in [1.29, 1.82) is 0 Å². The number of hydrogen-bond donors (Lipinski definition) is 0. The van der Waals surface area contributed by atoms with Crippen LogP contribution in [0, 0.1) is 13.8 Å². The zero-order chi connectivity index (χ0) is 18.2. The maximum atomic E-state index is 6.12. The van der Waals surface area contributed by atoms with Crippen LogP contribution in [0.4, 0.5) is 0 Å². The van der Waals surface area contributed by atoms with Gasteiger partial charge in [0, 0.05) is 18.0 Å². The van der Waals surface area contributed by atoms with E-state index in [1.165, 1.54) is 11.1 Å². The second-order valence-corrected chi connectivity index (χ2v) is 5.69. The van der Waals surface area contributed by atoms with E-state index in [1.807, 2.05) is 45.0 Å². The van der Waals surface area contributed by atoms with Crippen LogP contribution in [0.2, 0.25) is 0 Å². The van der Waals surface area contributed by atoms with Crippen molar-refractivity contribution in [2.75, 3.05) is 0 Å². The lowest BCUT2D eigenvalue weighted by Gasteiger charge is -2.18. The fourth-order valence-corrected chi connectivity index (χ4v) is 2.59. The summed E-state index contributed by atoms with van der Waals surface area (Å²) < 4.78 is 6.12. The van der Waals surface area contributed by atoms with Crippen molar-refractivity contribution in [3.05, 3.63) is 77.6 Å². The largest absolute Gasteiger partial charge is 0.468 e. The normalized spacial score (nSPS) is 11.2. The molecule has 0 aliphatic rings. The Morgan fingerprint density at radius 2 is 1.48 bits per heavy atom. The molecule has 25 heavy (non-hydrogen) atoms. The molecule has 0 fully saturated rings. The highest BCUT2D eigenvalue weighted by Crippen LogP contribution is 2.30. The zero-order valence-corrected chi connectivity index (χ0v) is 15.7. The van der Waals surface area contributed by atoms with Crippen molar-refractivity contribution >= 4 is 0 Å². The van der Waals surface area contributed by atoms with Gasteiger partial charge in [0.2, 0.25) is 5.88 Å². The fraction of sp³-hybridized carbons (Fsp3) is 0.273. The molecule has 3 heteroatoms. The molecular weight excluding hydrogens is 308 g/mol. The minimum Gasteiger partial charge on any atom is -0.468 e. The predicted molar refractivity (Wildman–Crippen MR) is 104 cm³/mol. The molecule has 3 nitrogen and oxygen atoms in total. The lowest BCUT2D eigenvalue weighted by molar-refractivity contribution is 0.217. The Labute approximate surface area is 150 Å². The number of nitrogens with zero attached hydrogens (tertiary/aromatic N) is 2. The van der Waals surface area contributed by atoms with Gasteiger partial charge in [0.25, 0.3) is 0 Å². The van der Waals surface area contributed by atoms with Crippen LogP contribution in [0.5, 0.6) is 5.88 Å². The van der Waals surface area contributed by atoms with Gasteiger partial charge in [-0.05, 0) is 31.9 Å². The van der Waals surface area contributed by atoms with E-state index in [9.17, 15) is 0 Å². The van der Waals surface area contributed by atoms with Crippen LogP contribution in [-0.4, -0.2) is 9.97 Å². The first-order chi connectivity index (χ1) is 12.1. The first-order valence-electron chi connectivity index (χ1n) is 8.75. The Morgan fingerprint density at radius 1 is 0.840 bits per heavy atom. The molecule has 0 radical (unpaired) electrons. The monoisotopic (exact) mass is 334 g/mol. The third-order valence-corrected chi connectivity index (χ3v) is 3.90. The van der Waals surface area contributed by atoms with Crippen LogP contribution in [-0.2, 0) is 0 Å². The number of aryl methyl sites for hydroxylation is 2. The van der Waals surface area contributed by atoms with E-state index in [4.69, 9.17) is 4.74 Å². The van der Waals surface area contributed by atoms with Crippen LogP contribution in [0.1, 0.15) is 43.6 Å². The van der Waals surface area contributed by atoms with Gasteiger partial charge in [-0.1, -0.05) is 67.9 Å². The molecule has 1 atom stereocenters. The van der Waals surface area contributed by atoms with Gasteiger partial charge < -0.3 is 4.74 Å². The van der Waals surface area contributed by atoms with Crippen LogP contribution in [0.3, 0.4) is 0 Å². The second kappa shape index (κ2) is 8.97. The van der Waals surface area contributed by atoms with Gasteiger partial charge in [0.05, 0.1) is 0 Å². The third kappa shape index (κ3) is 4.66. The van der Waals surface area contributed by atoms with Gasteiger partial charge in [-0.2, -0.15) is 0 Å². The lowest BCUT2D eigenvalue weighted by atomic mass is 10.0. The van der Waals surface area contributed by atoms with Crippen LogP contribution < -0.4 is 4.74 Å². The summed E-state index contributed by atoms with van der Waals surface area (Å²) in [4.78, 5) is 8.85. The Kier molecular flexibility index (Phi) is 6.70. The molecule has 0 aliphatic heterocycles. The molecule has 3 rings (SSSR count). The second-order valence-electron chi connectivity index (χ2n) is 5.69. The van der Waals surface area contributed by atoms with Gasteiger partial charge in [0.1, 0.15) is 11.8 Å². The first kappa shape index (κ1) is 18.7. The van der Waals surface area contributed by atoms with Crippen molar-refractivity contribution in [2.45, 2.75) is 40.7 Å². The van der Waals surface area contributed by atoms with Gasteiger partial charge >= 0.3 is 0 Å². The minimum atomic E-state index is -0.0860. The highest BCUT2D eigenvalue weighted by molar-refractivity contribution is 5.64. The summed E-state index contributed by atoms with van der Waals surface area (Å²) >= 11 is 0. The number of ether oxygens (including phenoxy) is 1. The quantitative estimate of drug-likeness (QED) is 0.593. The minimum absolute atomic E-state index is 0.0860. The van der Waals surface area contributed by atoms with Crippen LogP contribution >= 0.6 is 0 Å². The van der Waals surface area contributed by atoms with Gasteiger partial charge in [-0.25, -0.2) is 9.97 Å². The SMILES string of the molecule is CC.Cc1ccc(-c2nccnc2O[C@@H](C)c2ccccc2C)cc1. The van der Waals surface area contributed by atoms with Gasteiger partial charge in [0.15, 0.2) is 0 Å². The molecule has 2 aromatic carbocycles. The average Bonchev–Trinajstić information content (AvgIpc) is 2.65. The van der Waals surface area contributed by atoms with Gasteiger partial charge in [-0.3, -0.25) is 0 Å². The maximum Gasteiger partial charge on any atom is 0.241 e. The van der Waals surface area contributed by atoms with E-state index in [2.05, 4.69) is 48.1 Å². The Hall–Kier alpha value is -2.68. The molecule has 1 aromatic heterocycles. The highest BCUT2D eigenvalue weighted by Gasteiger charge is 2.15. The van der Waals surface area contributed by atoms with Crippen molar-refractivity contribution in [1.82, 2.24) is 9.97 Å². The van der Waals surface area contributed by atoms with Crippen molar-refractivity contribution in [3.8, 4) is 17.1 Å². The Morgan fingerprint density at radius 3 is 2.16 bits per heavy atom. The smallest absolute Gasteiger partial charge is 0.241 e. The highest BCUT2D eigenvalue weighted by atomic mass is 16.5. The zero-order valence-electron chi connectivity index (χ0n) is 15.7. The van der Waals surface area contributed by atoms with E-state index >= 15 is 0 Å². The van der Waals surface area contributed by atoms with Crippen LogP contribution in [0.25, 0.3) is 11.3 Å². The molecule has 0 saturated heterocycles. The molecule has 3 aromatic rings. The van der Waals surface area contributed by atoms with Crippen LogP contribution in [0.15, 0.2) is 60.9 Å². The summed E-state index contributed by atoms with van der Waals surface area (Å²) in [5, 5.41) is 0. The van der Waals surface area contributed by atoms with E-state index in [0.29, 0.717) is 5.88 Å². The molecule has 0 saturated carbocycles. The standard InChI is InChI=1S/C20H20N2O.C2H6/c1-14-8-10-17(11-9-14)19-20(22-13-12-21-19)23-16(3)18-7-5-4-6-15(18)2;1-2/h4-13,16H,1-3H3;1-2H3/t16-;/m0./s1. The molecule has 0 amide bonds. The van der Waals surface area contributed by atoms with Crippen molar-refractivity contribution < 1.29 is 4.74 Å². The average molecular weight is 334 g/mol. The summed E-state index contributed by atoms with van der Waals surface area (Å²) in [7, 11) is 0. The third-order valence-electron chi connectivity index (χ3n) is 3.90.